The van der Waals surface area contributed by atoms with Gasteiger partial charge in [0.1, 0.15) is 17.4 Å². The van der Waals surface area contributed by atoms with Crippen molar-refractivity contribution < 1.29 is 29.0 Å². The summed E-state index contributed by atoms with van der Waals surface area (Å²) >= 11 is 3.68. The zero-order valence-electron chi connectivity index (χ0n) is 22.1. The van der Waals surface area contributed by atoms with Gasteiger partial charge in [-0.25, -0.2) is 0 Å². The number of hydrogen-bond acceptors (Lipinski definition) is 6. The van der Waals surface area contributed by atoms with Crippen molar-refractivity contribution in [3.8, 4) is 5.75 Å². The molecule has 3 aliphatic heterocycles. The van der Waals surface area contributed by atoms with E-state index in [-0.39, 0.29) is 41.1 Å². The molecule has 2 bridgehead atoms. The molecule has 3 N–H and O–H groups in total. The van der Waals surface area contributed by atoms with Crippen molar-refractivity contribution in [3.05, 3.63) is 24.3 Å². The average molecular weight is 581 g/mol. The predicted molar refractivity (Wildman–Crippen MR) is 142 cm³/mol. The molecule has 0 aromatic heterocycles. The Hall–Kier alpha value is -2.17. The van der Waals surface area contributed by atoms with Crippen molar-refractivity contribution in [2.75, 3.05) is 18.5 Å². The van der Waals surface area contributed by atoms with Crippen LogP contribution in [0.3, 0.4) is 0 Å². The number of amides is 3. The van der Waals surface area contributed by atoms with Gasteiger partial charge in [-0.2, -0.15) is 0 Å². The second-order valence-electron chi connectivity index (χ2n) is 10.7. The third kappa shape index (κ3) is 4.76. The van der Waals surface area contributed by atoms with Crippen molar-refractivity contribution in [3.63, 3.8) is 0 Å². The standard InChI is InChI=1S/C27H38BrN3O6/c1-6-15(5)19(13-32)31-23(25(34)29-14(3)4)27-12-18(28)22(37-27)20(21(27)26(31)35)24(33)30-16-8-10-17(11-9-16)36-7-2/h8-11,14-15,18-23,32H,6-7,12-13H2,1-5H3,(H,29,34)(H,30,33)/t15-,18?,19-,20+,21-,22+,23?,27?/m0/s1. The molecule has 3 heterocycles. The van der Waals surface area contributed by atoms with Gasteiger partial charge in [0, 0.05) is 16.6 Å². The minimum atomic E-state index is -1.16. The number of ether oxygens (including phenoxy) is 2. The van der Waals surface area contributed by atoms with Crippen LogP contribution in [0.2, 0.25) is 0 Å². The molecule has 0 aliphatic carbocycles. The lowest BCUT2D eigenvalue weighted by molar-refractivity contribution is -0.146. The van der Waals surface area contributed by atoms with Crippen LogP contribution in [0.5, 0.6) is 5.75 Å². The highest BCUT2D eigenvalue weighted by atomic mass is 79.9. The number of fused-ring (bicyclic) bond motifs is 1. The zero-order valence-corrected chi connectivity index (χ0v) is 23.7. The van der Waals surface area contributed by atoms with Gasteiger partial charge in [-0.1, -0.05) is 36.2 Å². The molecule has 4 rings (SSSR count). The molecular formula is C27H38BrN3O6. The number of carbonyl (C=O) groups is 3. The number of nitrogens with zero attached hydrogens (tertiary/aromatic N) is 1. The molecule has 3 saturated heterocycles. The minimum absolute atomic E-state index is 0.0494. The fourth-order valence-corrected chi connectivity index (χ4v) is 7.17. The second kappa shape index (κ2) is 10.9. The fraction of sp³-hybridized carbons (Fsp3) is 0.667. The molecule has 0 saturated carbocycles. The molecule has 3 fully saturated rings. The Morgan fingerprint density at radius 2 is 1.89 bits per heavy atom. The highest BCUT2D eigenvalue weighted by Crippen LogP contribution is 2.60. The Labute approximate surface area is 226 Å². The normalized spacial score (nSPS) is 31.8. The number of nitrogens with one attached hydrogen (secondary N) is 2. The largest absolute Gasteiger partial charge is 0.494 e. The first-order valence-electron chi connectivity index (χ1n) is 13.2. The summed E-state index contributed by atoms with van der Waals surface area (Å²) in [6.45, 7) is 9.83. The maximum absolute atomic E-state index is 14.1. The zero-order chi connectivity index (χ0) is 27.1. The molecule has 3 amide bonds. The highest BCUT2D eigenvalue weighted by Gasteiger charge is 2.77. The summed E-state index contributed by atoms with van der Waals surface area (Å²) in [7, 11) is 0. The number of aliphatic hydroxyl groups is 1. The Bertz CT molecular complexity index is 1020. The van der Waals surface area contributed by atoms with E-state index in [2.05, 4.69) is 26.6 Å². The third-order valence-corrected chi connectivity index (χ3v) is 8.83. The van der Waals surface area contributed by atoms with Gasteiger partial charge in [-0.15, -0.1) is 0 Å². The Balaban J connectivity index is 1.70. The molecular weight excluding hydrogens is 542 g/mol. The van der Waals surface area contributed by atoms with Crippen LogP contribution in [0.15, 0.2) is 24.3 Å². The van der Waals surface area contributed by atoms with Crippen LogP contribution in [0.1, 0.15) is 47.5 Å². The SMILES string of the molecule is CCOc1ccc(NC(=O)[C@H]2[C@@H]3OC4(CC3Br)C(C(=O)NC(C)C)N([C@@H](CO)[C@@H](C)CC)C(=O)[C@H]24)cc1. The number of anilines is 1. The van der Waals surface area contributed by atoms with Crippen LogP contribution >= 0.6 is 15.9 Å². The number of halogens is 1. The fourth-order valence-electron chi connectivity index (χ4n) is 6.23. The summed E-state index contributed by atoms with van der Waals surface area (Å²) in [4.78, 5) is 42.8. The number of aliphatic hydroxyl groups excluding tert-OH is 1. The smallest absolute Gasteiger partial charge is 0.246 e. The summed E-state index contributed by atoms with van der Waals surface area (Å²) in [6.07, 6.45) is 0.591. The molecule has 10 heteroatoms. The molecule has 204 valence electrons. The summed E-state index contributed by atoms with van der Waals surface area (Å²) in [5.41, 5.74) is -0.572. The number of rotatable bonds is 10. The molecule has 37 heavy (non-hydrogen) atoms. The van der Waals surface area contributed by atoms with Crippen LogP contribution < -0.4 is 15.4 Å². The van der Waals surface area contributed by atoms with Gasteiger partial charge in [0.25, 0.3) is 0 Å². The van der Waals surface area contributed by atoms with E-state index in [1.165, 1.54) is 4.90 Å². The van der Waals surface area contributed by atoms with Crippen molar-refractivity contribution >= 4 is 39.3 Å². The number of carbonyl (C=O) groups excluding carboxylic acids is 3. The van der Waals surface area contributed by atoms with Gasteiger partial charge in [-0.05, 0) is 57.4 Å². The molecule has 9 nitrogen and oxygen atoms in total. The van der Waals surface area contributed by atoms with E-state index >= 15 is 0 Å². The van der Waals surface area contributed by atoms with Gasteiger partial charge in [0.15, 0.2) is 0 Å². The Kier molecular flexibility index (Phi) is 8.21. The lowest BCUT2D eigenvalue weighted by atomic mass is 9.70. The van der Waals surface area contributed by atoms with E-state index in [9.17, 15) is 19.5 Å². The minimum Gasteiger partial charge on any atom is -0.494 e. The van der Waals surface area contributed by atoms with Crippen LogP contribution in [0, 0.1) is 17.8 Å². The number of hydrogen-bond donors (Lipinski definition) is 3. The second-order valence-corrected chi connectivity index (χ2v) is 11.8. The molecule has 0 radical (unpaired) electrons. The molecule has 1 spiro atoms. The van der Waals surface area contributed by atoms with Crippen molar-refractivity contribution in [2.24, 2.45) is 17.8 Å². The van der Waals surface area contributed by atoms with Crippen molar-refractivity contribution in [1.82, 2.24) is 10.2 Å². The lowest BCUT2D eigenvalue weighted by Gasteiger charge is -2.39. The summed E-state index contributed by atoms with van der Waals surface area (Å²) in [6, 6.07) is 5.41. The van der Waals surface area contributed by atoms with Gasteiger partial charge < -0.3 is 30.1 Å². The first-order chi connectivity index (χ1) is 17.6. The molecule has 8 atom stereocenters. The lowest BCUT2D eigenvalue weighted by Crippen LogP contribution is -2.60. The Morgan fingerprint density at radius 3 is 2.46 bits per heavy atom. The van der Waals surface area contributed by atoms with E-state index in [0.717, 1.165) is 6.42 Å². The molecule has 3 unspecified atom stereocenters. The monoisotopic (exact) mass is 579 g/mol. The third-order valence-electron chi connectivity index (χ3n) is 7.99. The highest BCUT2D eigenvalue weighted by molar-refractivity contribution is 9.09. The van der Waals surface area contributed by atoms with Crippen LogP contribution in [-0.2, 0) is 19.1 Å². The van der Waals surface area contributed by atoms with E-state index in [0.29, 0.717) is 24.5 Å². The predicted octanol–water partition coefficient (Wildman–Crippen LogP) is 2.70. The first-order valence-corrected chi connectivity index (χ1v) is 14.1. The number of alkyl halides is 1. The summed E-state index contributed by atoms with van der Waals surface area (Å²) in [5, 5.41) is 16.2. The number of likely N-dealkylation sites (tertiary alicyclic amines) is 1. The van der Waals surface area contributed by atoms with E-state index in [1.807, 2.05) is 34.6 Å². The maximum atomic E-state index is 14.1. The van der Waals surface area contributed by atoms with E-state index in [1.54, 1.807) is 24.3 Å². The quantitative estimate of drug-likeness (QED) is 0.367. The number of benzene rings is 1. The topological polar surface area (TPSA) is 117 Å². The average Bonchev–Trinajstić information content (AvgIpc) is 3.44. The van der Waals surface area contributed by atoms with Gasteiger partial charge in [-0.3, -0.25) is 14.4 Å². The molecule has 3 aliphatic rings. The molecule has 1 aromatic rings. The first kappa shape index (κ1) is 27.9. The maximum Gasteiger partial charge on any atom is 0.246 e. The van der Waals surface area contributed by atoms with Crippen LogP contribution in [0.25, 0.3) is 0 Å². The van der Waals surface area contributed by atoms with Gasteiger partial charge >= 0.3 is 0 Å². The van der Waals surface area contributed by atoms with E-state index in [4.69, 9.17) is 9.47 Å². The Morgan fingerprint density at radius 1 is 1.22 bits per heavy atom. The molecule has 1 aromatic carbocycles. The van der Waals surface area contributed by atoms with Crippen molar-refractivity contribution in [2.45, 2.75) is 82.1 Å². The van der Waals surface area contributed by atoms with Gasteiger partial charge in [0.2, 0.25) is 17.7 Å². The summed E-state index contributed by atoms with van der Waals surface area (Å²) < 4.78 is 12.0. The van der Waals surface area contributed by atoms with Gasteiger partial charge in [0.05, 0.1) is 37.2 Å². The van der Waals surface area contributed by atoms with Crippen LogP contribution in [-0.4, -0.2) is 75.6 Å². The van der Waals surface area contributed by atoms with Crippen molar-refractivity contribution in [1.29, 1.82) is 0 Å². The van der Waals surface area contributed by atoms with Crippen LogP contribution in [0.4, 0.5) is 5.69 Å². The van der Waals surface area contributed by atoms with E-state index < -0.39 is 35.6 Å². The summed E-state index contributed by atoms with van der Waals surface area (Å²) in [5.74, 6) is -1.91.